The van der Waals surface area contributed by atoms with Crippen LogP contribution < -0.4 is 5.73 Å². The number of aromatic nitrogens is 2. The van der Waals surface area contributed by atoms with Gasteiger partial charge in [-0.05, 0) is 49.9 Å². The summed E-state index contributed by atoms with van der Waals surface area (Å²) in [6.07, 6.45) is 3.22. The first-order valence-electron chi connectivity index (χ1n) is 6.92. The van der Waals surface area contributed by atoms with Gasteiger partial charge in [0.1, 0.15) is 0 Å². The highest BCUT2D eigenvalue weighted by Crippen LogP contribution is 2.34. The van der Waals surface area contributed by atoms with Gasteiger partial charge in [0.25, 0.3) is 0 Å². The number of aryl methyl sites for hydroxylation is 2. The fourth-order valence-electron chi connectivity index (χ4n) is 2.87. The smallest absolute Gasteiger partial charge is 0.231 e. The summed E-state index contributed by atoms with van der Waals surface area (Å²) in [7, 11) is 0. The molecule has 0 aliphatic heterocycles. The molecule has 1 saturated carbocycles. The van der Waals surface area contributed by atoms with Crippen molar-refractivity contribution in [3.63, 3.8) is 0 Å². The molecule has 2 N–H and O–H groups in total. The Bertz CT molecular complexity index is 615. The molecule has 2 unspecified atom stereocenters. The fourth-order valence-corrected chi connectivity index (χ4v) is 3.10. The van der Waals surface area contributed by atoms with Crippen LogP contribution in [0.5, 0.6) is 0 Å². The minimum absolute atomic E-state index is 0.150. The molecule has 0 saturated heterocycles. The third-order valence-electron chi connectivity index (χ3n) is 4.02. The van der Waals surface area contributed by atoms with Crippen LogP contribution in [-0.4, -0.2) is 16.2 Å². The lowest BCUT2D eigenvalue weighted by Crippen LogP contribution is -2.22. The van der Waals surface area contributed by atoms with Gasteiger partial charge in [-0.15, -0.1) is 0 Å². The Morgan fingerprint density at radius 1 is 1.25 bits per heavy atom. The Labute approximate surface area is 126 Å². The molecule has 2 atom stereocenters. The van der Waals surface area contributed by atoms with Crippen LogP contribution in [0.25, 0.3) is 11.4 Å². The summed E-state index contributed by atoms with van der Waals surface area (Å²) in [6, 6.07) is 4.29. The second-order valence-electron chi connectivity index (χ2n) is 5.58. The average Bonchev–Trinajstić information content (AvgIpc) is 3.03. The Hall–Kier alpha value is -1.20. The Morgan fingerprint density at radius 3 is 2.55 bits per heavy atom. The van der Waals surface area contributed by atoms with Gasteiger partial charge in [-0.3, -0.25) is 0 Å². The monoisotopic (exact) mass is 335 g/mol. The third kappa shape index (κ3) is 2.40. The van der Waals surface area contributed by atoms with Crippen LogP contribution in [0.1, 0.15) is 42.2 Å². The second-order valence-corrected chi connectivity index (χ2v) is 6.37. The molecule has 1 heterocycles. The minimum atomic E-state index is 0.150. The van der Waals surface area contributed by atoms with Crippen LogP contribution in [-0.2, 0) is 0 Å². The molecule has 1 aliphatic carbocycles. The molecule has 2 aromatic rings. The van der Waals surface area contributed by atoms with Gasteiger partial charge in [0, 0.05) is 16.1 Å². The van der Waals surface area contributed by atoms with Gasteiger partial charge < -0.3 is 10.3 Å². The summed E-state index contributed by atoms with van der Waals surface area (Å²) in [6.45, 7) is 4.13. The number of rotatable bonds is 2. The summed E-state index contributed by atoms with van der Waals surface area (Å²) in [5, 5.41) is 4.12. The van der Waals surface area contributed by atoms with E-state index in [4.69, 9.17) is 10.3 Å². The van der Waals surface area contributed by atoms with Crippen LogP contribution in [0, 0.1) is 13.8 Å². The first-order chi connectivity index (χ1) is 9.56. The average molecular weight is 336 g/mol. The standard InChI is InChI=1S/C15H18BrN3O/c1-8-6-10(7-9(2)13(8)16)14-18-15(20-19-14)11-4-3-5-12(11)17/h6-7,11-12H,3-5,17H2,1-2H3. The van der Waals surface area contributed by atoms with Gasteiger partial charge in [-0.2, -0.15) is 4.98 Å². The van der Waals surface area contributed by atoms with Crippen molar-refractivity contribution in [3.8, 4) is 11.4 Å². The maximum atomic E-state index is 6.09. The topological polar surface area (TPSA) is 64.9 Å². The Morgan fingerprint density at radius 2 is 1.95 bits per heavy atom. The number of nitrogens with zero attached hydrogens (tertiary/aromatic N) is 2. The first-order valence-corrected chi connectivity index (χ1v) is 7.72. The van der Waals surface area contributed by atoms with Gasteiger partial charge in [0.15, 0.2) is 0 Å². The molecule has 1 aromatic heterocycles. The quantitative estimate of drug-likeness (QED) is 0.908. The predicted octanol–water partition coefficient (Wildman–Crippen LogP) is 3.71. The van der Waals surface area contributed by atoms with Crippen molar-refractivity contribution < 1.29 is 4.52 Å². The molecular weight excluding hydrogens is 318 g/mol. The van der Waals surface area contributed by atoms with E-state index in [-0.39, 0.29) is 12.0 Å². The predicted molar refractivity (Wildman–Crippen MR) is 81.5 cm³/mol. The molecule has 0 spiro atoms. The van der Waals surface area contributed by atoms with Crippen molar-refractivity contribution in [3.05, 3.63) is 33.6 Å². The molecular formula is C15H18BrN3O. The summed E-state index contributed by atoms with van der Waals surface area (Å²) < 4.78 is 6.56. The van der Waals surface area contributed by atoms with Gasteiger partial charge in [-0.25, -0.2) is 0 Å². The lowest BCUT2D eigenvalue weighted by molar-refractivity contribution is 0.345. The van der Waals surface area contributed by atoms with Crippen molar-refractivity contribution in [1.82, 2.24) is 10.1 Å². The molecule has 1 aromatic carbocycles. The van der Waals surface area contributed by atoms with Crippen molar-refractivity contribution in [2.75, 3.05) is 0 Å². The summed E-state index contributed by atoms with van der Waals surface area (Å²) in [5.41, 5.74) is 9.42. The first kappa shape index (κ1) is 13.8. The molecule has 0 amide bonds. The van der Waals surface area contributed by atoms with Gasteiger partial charge in [0.05, 0.1) is 5.92 Å². The third-order valence-corrected chi connectivity index (χ3v) is 5.27. The zero-order valence-corrected chi connectivity index (χ0v) is 13.3. The number of benzene rings is 1. The van der Waals surface area contributed by atoms with Gasteiger partial charge in [0.2, 0.25) is 11.7 Å². The maximum Gasteiger partial charge on any atom is 0.231 e. The van der Waals surface area contributed by atoms with E-state index in [1.165, 1.54) is 11.1 Å². The largest absolute Gasteiger partial charge is 0.339 e. The van der Waals surface area contributed by atoms with E-state index in [1.807, 2.05) is 0 Å². The molecule has 1 fully saturated rings. The summed E-state index contributed by atoms with van der Waals surface area (Å²) in [5.74, 6) is 1.55. The second kappa shape index (κ2) is 5.30. The Kier molecular flexibility index (Phi) is 3.65. The van der Waals surface area contributed by atoms with E-state index in [9.17, 15) is 0 Å². The summed E-state index contributed by atoms with van der Waals surface area (Å²) >= 11 is 3.57. The molecule has 20 heavy (non-hydrogen) atoms. The van der Waals surface area contributed by atoms with Crippen LogP contribution in [0.2, 0.25) is 0 Å². The molecule has 3 rings (SSSR count). The number of halogens is 1. The van der Waals surface area contributed by atoms with E-state index >= 15 is 0 Å². The molecule has 0 bridgehead atoms. The highest BCUT2D eigenvalue weighted by atomic mass is 79.9. The van der Waals surface area contributed by atoms with Crippen molar-refractivity contribution in [1.29, 1.82) is 0 Å². The highest BCUT2D eigenvalue weighted by molar-refractivity contribution is 9.10. The van der Waals surface area contributed by atoms with E-state index < -0.39 is 0 Å². The maximum absolute atomic E-state index is 6.09. The fraction of sp³-hybridized carbons (Fsp3) is 0.467. The number of nitrogens with two attached hydrogens (primary N) is 1. The molecule has 106 valence electrons. The zero-order chi connectivity index (χ0) is 14.3. The summed E-state index contributed by atoms with van der Waals surface area (Å²) in [4.78, 5) is 4.55. The SMILES string of the molecule is Cc1cc(-c2noc(C3CCCC3N)n2)cc(C)c1Br. The lowest BCUT2D eigenvalue weighted by Gasteiger charge is -2.09. The van der Waals surface area contributed by atoms with Crippen LogP contribution in [0.15, 0.2) is 21.1 Å². The van der Waals surface area contributed by atoms with Crippen molar-refractivity contribution in [2.24, 2.45) is 5.73 Å². The van der Waals surface area contributed by atoms with E-state index in [0.29, 0.717) is 11.7 Å². The van der Waals surface area contributed by atoms with Crippen molar-refractivity contribution >= 4 is 15.9 Å². The normalized spacial score (nSPS) is 22.4. The van der Waals surface area contributed by atoms with Crippen LogP contribution in [0.4, 0.5) is 0 Å². The molecule has 4 nitrogen and oxygen atoms in total. The van der Waals surface area contributed by atoms with Crippen LogP contribution >= 0.6 is 15.9 Å². The molecule has 5 heteroatoms. The molecule has 0 radical (unpaired) electrons. The Balaban J connectivity index is 1.94. The number of hydrogen-bond donors (Lipinski definition) is 1. The number of hydrogen-bond acceptors (Lipinski definition) is 4. The zero-order valence-electron chi connectivity index (χ0n) is 11.7. The van der Waals surface area contributed by atoms with Gasteiger partial charge in [-0.1, -0.05) is 27.5 Å². The molecule has 1 aliphatic rings. The van der Waals surface area contributed by atoms with Gasteiger partial charge >= 0.3 is 0 Å². The van der Waals surface area contributed by atoms with Crippen LogP contribution in [0.3, 0.4) is 0 Å². The van der Waals surface area contributed by atoms with E-state index in [2.05, 4.69) is 52.1 Å². The lowest BCUT2D eigenvalue weighted by atomic mass is 10.0. The van der Waals surface area contributed by atoms with E-state index in [0.717, 1.165) is 29.3 Å². The van der Waals surface area contributed by atoms with Crippen molar-refractivity contribution in [2.45, 2.75) is 45.1 Å². The van der Waals surface area contributed by atoms with E-state index in [1.54, 1.807) is 0 Å². The highest BCUT2D eigenvalue weighted by Gasteiger charge is 2.30. The minimum Gasteiger partial charge on any atom is -0.339 e.